The lowest BCUT2D eigenvalue weighted by atomic mass is 10.0. The Morgan fingerprint density at radius 3 is 2.94 bits per heavy atom. The van der Waals surface area contributed by atoms with E-state index in [1.807, 2.05) is 0 Å². The zero-order valence-corrected chi connectivity index (χ0v) is 10.1. The van der Waals surface area contributed by atoms with Gasteiger partial charge in [-0.1, -0.05) is 6.92 Å². The zero-order chi connectivity index (χ0) is 11.4. The number of hydrogen-bond acceptors (Lipinski definition) is 4. The highest BCUT2D eigenvalue weighted by molar-refractivity contribution is 5.77. The molecule has 0 saturated carbocycles. The smallest absolute Gasteiger partial charge is 0.323 e. The van der Waals surface area contributed by atoms with Crippen LogP contribution in [0.3, 0.4) is 0 Å². The molecule has 2 aliphatic rings. The fourth-order valence-electron chi connectivity index (χ4n) is 2.75. The van der Waals surface area contributed by atoms with Gasteiger partial charge in [-0.15, -0.1) is 0 Å². The summed E-state index contributed by atoms with van der Waals surface area (Å²) in [6.07, 6.45) is 4.39. The fourth-order valence-corrected chi connectivity index (χ4v) is 2.75. The van der Waals surface area contributed by atoms with Crippen molar-refractivity contribution in [2.24, 2.45) is 0 Å². The predicted molar refractivity (Wildman–Crippen MR) is 62.3 cm³/mol. The van der Waals surface area contributed by atoms with Gasteiger partial charge >= 0.3 is 5.97 Å². The first-order valence-electron chi connectivity index (χ1n) is 6.46. The number of hydrogen-bond donors (Lipinski definition) is 1. The van der Waals surface area contributed by atoms with Crippen molar-refractivity contribution in [1.82, 2.24) is 10.2 Å². The summed E-state index contributed by atoms with van der Waals surface area (Å²) in [5, 5.41) is 3.42. The molecule has 2 unspecified atom stereocenters. The van der Waals surface area contributed by atoms with Crippen LogP contribution in [0.15, 0.2) is 0 Å². The molecule has 2 saturated heterocycles. The number of esters is 1. The first-order valence-corrected chi connectivity index (χ1v) is 6.46. The van der Waals surface area contributed by atoms with Crippen molar-refractivity contribution < 1.29 is 9.53 Å². The molecule has 0 aliphatic carbocycles. The molecule has 1 N–H and O–H groups in total. The number of carbonyl (C=O) groups excluding carboxylic acids is 1. The molecule has 2 heterocycles. The van der Waals surface area contributed by atoms with Gasteiger partial charge in [-0.05, 0) is 32.4 Å². The van der Waals surface area contributed by atoms with Crippen LogP contribution in [-0.2, 0) is 9.53 Å². The lowest BCUT2D eigenvalue weighted by Crippen LogP contribution is -2.52. The minimum Gasteiger partial charge on any atom is -0.464 e. The molecule has 0 spiro atoms. The van der Waals surface area contributed by atoms with Gasteiger partial charge in [-0.2, -0.15) is 0 Å². The van der Waals surface area contributed by atoms with E-state index >= 15 is 0 Å². The highest BCUT2D eigenvalue weighted by atomic mass is 16.5. The lowest BCUT2D eigenvalue weighted by molar-refractivity contribution is -0.143. The summed E-state index contributed by atoms with van der Waals surface area (Å²) in [6.45, 7) is 5.91. The third kappa shape index (κ3) is 2.55. The maximum absolute atomic E-state index is 11.6. The number of carbonyl (C=O) groups is 1. The van der Waals surface area contributed by atoms with Crippen molar-refractivity contribution in [1.29, 1.82) is 0 Å². The van der Waals surface area contributed by atoms with E-state index in [1.54, 1.807) is 0 Å². The van der Waals surface area contributed by atoms with E-state index in [0.717, 1.165) is 32.5 Å². The van der Waals surface area contributed by atoms with Crippen LogP contribution in [0.2, 0.25) is 0 Å². The highest BCUT2D eigenvalue weighted by Crippen LogP contribution is 2.20. The standard InChI is InChI=1S/C12H22N2O2/c1-2-7-14(10-4-3-6-13-9-10)11-5-8-16-12(11)15/h10-11,13H,2-9H2,1H3. The van der Waals surface area contributed by atoms with Gasteiger partial charge in [-0.25, -0.2) is 0 Å². The Morgan fingerprint density at radius 1 is 1.50 bits per heavy atom. The maximum atomic E-state index is 11.6. The fraction of sp³-hybridized carbons (Fsp3) is 0.917. The zero-order valence-electron chi connectivity index (χ0n) is 10.1. The van der Waals surface area contributed by atoms with Crippen LogP contribution >= 0.6 is 0 Å². The number of ether oxygens (including phenoxy) is 1. The van der Waals surface area contributed by atoms with Gasteiger partial charge in [0.05, 0.1) is 6.61 Å². The first-order chi connectivity index (χ1) is 7.83. The molecule has 0 aromatic rings. The number of piperidine rings is 1. The van der Waals surface area contributed by atoms with Gasteiger partial charge in [-0.3, -0.25) is 9.69 Å². The largest absolute Gasteiger partial charge is 0.464 e. The second-order valence-electron chi connectivity index (χ2n) is 4.71. The minimum absolute atomic E-state index is 0.0148. The van der Waals surface area contributed by atoms with Crippen molar-refractivity contribution in [3.63, 3.8) is 0 Å². The Morgan fingerprint density at radius 2 is 2.38 bits per heavy atom. The Hall–Kier alpha value is -0.610. The first kappa shape index (κ1) is 11.9. The summed E-state index contributed by atoms with van der Waals surface area (Å²) in [5.74, 6) is -0.0148. The Labute approximate surface area is 97.3 Å². The summed E-state index contributed by atoms with van der Waals surface area (Å²) in [7, 11) is 0. The molecule has 92 valence electrons. The molecule has 0 aromatic heterocycles. The maximum Gasteiger partial charge on any atom is 0.323 e. The van der Waals surface area contributed by atoms with Gasteiger partial charge in [0.25, 0.3) is 0 Å². The third-order valence-corrected chi connectivity index (χ3v) is 3.53. The number of cyclic esters (lactones) is 1. The van der Waals surface area contributed by atoms with Crippen LogP contribution in [0.25, 0.3) is 0 Å². The molecule has 2 rings (SSSR count). The molecular weight excluding hydrogens is 204 g/mol. The van der Waals surface area contributed by atoms with E-state index in [-0.39, 0.29) is 12.0 Å². The molecule has 2 fully saturated rings. The number of nitrogens with one attached hydrogen (secondary N) is 1. The van der Waals surface area contributed by atoms with E-state index in [1.165, 1.54) is 12.8 Å². The molecule has 2 aliphatic heterocycles. The van der Waals surface area contributed by atoms with Gasteiger partial charge < -0.3 is 10.1 Å². The molecule has 0 aromatic carbocycles. The van der Waals surface area contributed by atoms with E-state index < -0.39 is 0 Å². The monoisotopic (exact) mass is 226 g/mol. The molecule has 0 radical (unpaired) electrons. The summed E-state index contributed by atoms with van der Waals surface area (Å²) < 4.78 is 5.08. The molecule has 0 bridgehead atoms. The molecular formula is C12H22N2O2. The van der Waals surface area contributed by atoms with Gasteiger partial charge in [0, 0.05) is 19.0 Å². The highest BCUT2D eigenvalue weighted by Gasteiger charge is 2.35. The van der Waals surface area contributed by atoms with Crippen molar-refractivity contribution in [3.05, 3.63) is 0 Å². The van der Waals surface area contributed by atoms with E-state index in [2.05, 4.69) is 17.1 Å². The molecule has 4 heteroatoms. The van der Waals surface area contributed by atoms with Gasteiger partial charge in [0.2, 0.25) is 0 Å². The Balaban J connectivity index is 1.99. The summed E-state index contributed by atoms with van der Waals surface area (Å²) in [6, 6.07) is 0.536. The van der Waals surface area contributed by atoms with Crippen LogP contribution < -0.4 is 5.32 Å². The minimum atomic E-state index is -0.0148. The molecule has 2 atom stereocenters. The molecule has 0 amide bonds. The topological polar surface area (TPSA) is 41.6 Å². The normalized spacial score (nSPS) is 30.8. The SMILES string of the molecule is CCCN(C1CCCNC1)C1CCOC1=O. The summed E-state index contributed by atoms with van der Waals surface area (Å²) in [4.78, 5) is 14.0. The van der Waals surface area contributed by atoms with E-state index in [4.69, 9.17) is 4.74 Å². The lowest BCUT2D eigenvalue weighted by Gasteiger charge is -2.36. The molecule has 4 nitrogen and oxygen atoms in total. The van der Waals surface area contributed by atoms with E-state index in [0.29, 0.717) is 12.6 Å². The van der Waals surface area contributed by atoms with Crippen molar-refractivity contribution >= 4 is 5.97 Å². The third-order valence-electron chi connectivity index (χ3n) is 3.53. The van der Waals surface area contributed by atoms with Crippen LogP contribution in [-0.4, -0.2) is 49.2 Å². The quantitative estimate of drug-likeness (QED) is 0.719. The summed E-state index contributed by atoms with van der Waals surface area (Å²) >= 11 is 0. The molecule has 16 heavy (non-hydrogen) atoms. The van der Waals surface area contributed by atoms with Crippen LogP contribution in [0.1, 0.15) is 32.6 Å². The van der Waals surface area contributed by atoms with Crippen molar-refractivity contribution in [2.45, 2.75) is 44.7 Å². The van der Waals surface area contributed by atoms with Crippen LogP contribution in [0.4, 0.5) is 0 Å². The second-order valence-corrected chi connectivity index (χ2v) is 4.71. The summed E-state index contributed by atoms with van der Waals surface area (Å²) in [5.41, 5.74) is 0. The van der Waals surface area contributed by atoms with Crippen molar-refractivity contribution in [3.8, 4) is 0 Å². The average Bonchev–Trinajstić information content (AvgIpc) is 2.73. The van der Waals surface area contributed by atoms with Crippen LogP contribution in [0.5, 0.6) is 0 Å². The predicted octanol–water partition coefficient (Wildman–Crippen LogP) is 0.766. The average molecular weight is 226 g/mol. The number of nitrogens with zero attached hydrogens (tertiary/aromatic N) is 1. The Bertz CT molecular complexity index is 239. The second kappa shape index (κ2) is 5.64. The van der Waals surface area contributed by atoms with Crippen molar-refractivity contribution in [2.75, 3.05) is 26.2 Å². The van der Waals surface area contributed by atoms with E-state index in [9.17, 15) is 4.79 Å². The van der Waals surface area contributed by atoms with Gasteiger partial charge in [0.15, 0.2) is 0 Å². The van der Waals surface area contributed by atoms with Crippen LogP contribution in [0, 0.1) is 0 Å². The Kier molecular flexibility index (Phi) is 4.18. The van der Waals surface area contributed by atoms with Gasteiger partial charge in [0.1, 0.15) is 6.04 Å². The number of rotatable bonds is 4.